The van der Waals surface area contributed by atoms with Crippen LogP contribution in [-0.4, -0.2) is 6.04 Å². The number of hydrogen-bond donors (Lipinski definition) is 1. The maximum Gasteiger partial charge on any atom is 0.0101 e. The molecule has 2 rings (SSSR count). The van der Waals surface area contributed by atoms with E-state index in [1.165, 1.54) is 12.8 Å². The van der Waals surface area contributed by atoms with Crippen molar-refractivity contribution in [3.63, 3.8) is 0 Å². The highest BCUT2D eigenvalue weighted by Gasteiger charge is 2.47. The largest absolute Gasteiger partial charge is 0.327 e. The van der Waals surface area contributed by atoms with Gasteiger partial charge < -0.3 is 5.73 Å². The van der Waals surface area contributed by atoms with Crippen molar-refractivity contribution in [2.45, 2.75) is 32.7 Å². The average molecular weight is 139 g/mol. The fourth-order valence-electron chi connectivity index (χ4n) is 2.09. The Labute approximate surface area is 63.0 Å². The second-order valence-corrected chi connectivity index (χ2v) is 4.33. The van der Waals surface area contributed by atoms with E-state index in [2.05, 4.69) is 13.8 Å². The SMILES string of the molecule is CC1CC1C(N)C1CC1C. The second-order valence-electron chi connectivity index (χ2n) is 4.33. The molecule has 0 spiro atoms. The number of rotatable bonds is 2. The molecule has 0 aromatic carbocycles. The molecule has 1 nitrogen and oxygen atoms in total. The van der Waals surface area contributed by atoms with Gasteiger partial charge in [-0.2, -0.15) is 0 Å². The summed E-state index contributed by atoms with van der Waals surface area (Å²) >= 11 is 0. The lowest BCUT2D eigenvalue weighted by Crippen LogP contribution is -2.26. The van der Waals surface area contributed by atoms with Crippen LogP contribution in [0.2, 0.25) is 0 Å². The first-order valence-electron chi connectivity index (χ1n) is 4.45. The van der Waals surface area contributed by atoms with Crippen LogP contribution in [0.5, 0.6) is 0 Å². The van der Waals surface area contributed by atoms with Gasteiger partial charge in [0.15, 0.2) is 0 Å². The molecule has 1 heteroatoms. The summed E-state index contributed by atoms with van der Waals surface area (Å²) in [5.74, 6) is 3.63. The van der Waals surface area contributed by atoms with E-state index in [-0.39, 0.29) is 0 Å². The third kappa shape index (κ3) is 0.968. The molecule has 4 atom stereocenters. The molecule has 0 heterocycles. The Morgan fingerprint density at radius 3 is 1.60 bits per heavy atom. The lowest BCUT2D eigenvalue weighted by Gasteiger charge is -2.08. The summed E-state index contributed by atoms with van der Waals surface area (Å²) in [6.45, 7) is 4.63. The van der Waals surface area contributed by atoms with Crippen molar-refractivity contribution < 1.29 is 0 Å². The Morgan fingerprint density at radius 1 is 1.10 bits per heavy atom. The molecule has 2 aliphatic rings. The molecule has 58 valence electrons. The maximum absolute atomic E-state index is 6.07. The predicted molar refractivity (Wildman–Crippen MR) is 42.5 cm³/mol. The summed E-state index contributed by atoms with van der Waals surface area (Å²) in [5.41, 5.74) is 6.07. The van der Waals surface area contributed by atoms with Crippen LogP contribution in [0.25, 0.3) is 0 Å². The monoisotopic (exact) mass is 139 g/mol. The molecule has 0 aromatic heterocycles. The van der Waals surface area contributed by atoms with E-state index in [9.17, 15) is 0 Å². The number of hydrogen-bond acceptors (Lipinski definition) is 1. The van der Waals surface area contributed by atoms with Gasteiger partial charge in [-0.1, -0.05) is 13.8 Å². The van der Waals surface area contributed by atoms with Crippen LogP contribution in [0.4, 0.5) is 0 Å². The minimum atomic E-state index is 0.546. The molecule has 4 unspecified atom stereocenters. The smallest absolute Gasteiger partial charge is 0.0101 e. The van der Waals surface area contributed by atoms with Crippen LogP contribution in [-0.2, 0) is 0 Å². The Hall–Kier alpha value is -0.0400. The highest BCUT2D eigenvalue weighted by atomic mass is 14.8. The zero-order valence-electron chi connectivity index (χ0n) is 6.88. The zero-order chi connectivity index (χ0) is 7.30. The molecule has 10 heavy (non-hydrogen) atoms. The molecule has 2 fully saturated rings. The summed E-state index contributed by atoms with van der Waals surface area (Å²) in [4.78, 5) is 0. The summed E-state index contributed by atoms with van der Waals surface area (Å²) in [6.07, 6.45) is 2.79. The molecule has 2 N–H and O–H groups in total. The molecule has 2 saturated carbocycles. The van der Waals surface area contributed by atoms with Gasteiger partial charge in [0.25, 0.3) is 0 Å². The highest BCUT2D eigenvalue weighted by Crippen LogP contribution is 2.50. The van der Waals surface area contributed by atoms with E-state index in [0.717, 1.165) is 23.7 Å². The van der Waals surface area contributed by atoms with Crippen LogP contribution in [0.15, 0.2) is 0 Å². The van der Waals surface area contributed by atoms with E-state index in [0.29, 0.717) is 6.04 Å². The number of nitrogens with two attached hydrogens (primary N) is 1. The predicted octanol–water partition coefficient (Wildman–Crippen LogP) is 1.63. The van der Waals surface area contributed by atoms with Gasteiger partial charge >= 0.3 is 0 Å². The zero-order valence-corrected chi connectivity index (χ0v) is 6.88. The van der Waals surface area contributed by atoms with E-state index in [4.69, 9.17) is 5.73 Å². The first-order valence-corrected chi connectivity index (χ1v) is 4.45. The van der Waals surface area contributed by atoms with E-state index in [1.807, 2.05) is 0 Å². The lowest BCUT2D eigenvalue weighted by molar-refractivity contribution is 0.485. The molecule has 0 saturated heterocycles. The van der Waals surface area contributed by atoms with Gasteiger partial charge in [0.1, 0.15) is 0 Å². The molecule has 0 bridgehead atoms. The van der Waals surface area contributed by atoms with Crippen molar-refractivity contribution in [1.29, 1.82) is 0 Å². The quantitative estimate of drug-likeness (QED) is 0.618. The van der Waals surface area contributed by atoms with Gasteiger partial charge in [-0.3, -0.25) is 0 Å². The Balaban J connectivity index is 1.83. The van der Waals surface area contributed by atoms with Crippen LogP contribution in [0.1, 0.15) is 26.7 Å². The Bertz CT molecular complexity index is 128. The first-order chi connectivity index (χ1) is 4.70. The molecular formula is C9H17N. The lowest BCUT2D eigenvalue weighted by atomic mass is 10.1. The summed E-state index contributed by atoms with van der Waals surface area (Å²) in [6, 6.07) is 0.546. The van der Waals surface area contributed by atoms with Crippen LogP contribution in [0.3, 0.4) is 0 Å². The normalized spacial score (nSPS) is 54.3. The molecular weight excluding hydrogens is 122 g/mol. The summed E-state index contributed by atoms with van der Waals surface area (Å²) in [7, 11) is 0. The van der Waals surface area contributed by atoms with E-state index < -0.39 is 0 Å². The van der Waals surface area contributed by atoms with Gasteiger partial charge in [-0.25, -0.2) is 0 Å². The molecule has 0 radical (unpaired) electrons. The maximum atomic E-state index is 6.07. The topological polar surface area (TPSA) is 26.0 Å². The van der Waals surface area contributed by atoms with Gasteiger partial charge in [0.2, 0.25) is 0 Å². The summed E-state index contributed by atoms with van der Waals surface area (Å²) in [5, 5.41) is 0. The third-order valence-corrected chi connectivity index (χ3v) is 3.33. The molecule has 0 aliphatic heterocycles. The van der Waals surface area contributed by atoms with Crippen LogP contribution in [0, 0.1) is 23.7 Å². The Kier molecular flexibility index (Phi) is 1.31. The van der Waals surface area contributed by atoms with Crippen LogP contribution < -0.4 is 5.73 Å². The third-order valence-electron chi connectivity index (χ3n) is 3.33. The minimum absolute atomic E-state index is 0.546. The molecule has 0 amide bonds. The minimum Gasteiger partial charge on any atom is -0.327 e. The van der Waals surface area contributed by atoms with Gasteiger partial charge in [0, 0.05) is 6.04 Å². The van der Waals surface area contributed by atoms with Crippen molar-refractivity contribution in [3.05, 3.63) is 0 Å². The van der Waals surface area contributed by atoms with Crippen molar-refractivity contribution in [3.8, 4) is 0 Å². The average Bonchev–Trinajstić information content (AvgIpc) is 2.70. The van der Waals surface area contributed by atoms with Crippen molar-refractivity contribution in [1.82, 2.24) is 0 Å². The van der Waals surface area contributed by atoms with Gasteiger partial charge in [-0.15, -0.1) is 0 Å². The fourth-order valence-corrected chi connectivity index (χ4v) is 2.09. The van der Waals surface area contributed by atoms with Crippen molar-refractivity contribution in [2.75, 3.05) is 0 Å². The first kappa shape index (κ1) is 6.66. The van der Waals surface area contributed by atoms with Gasteiger partial charge in [-0.05, 0) is 36.5 Å². The van der Waals surface area contributed by atoms with Crippen molar-refractivity contribution in [2.24, 2.45) is 29.4 Å². The Morgan fingerprint density at radius 2 is 1.40 bits per heavy atom. The summed E-state index contributed by atoms with van der Waals surface area (Å²) < 4.78 is 0. The van der Waals surface area contributed by atoms with Crippen molar-refractivity contribution >= 4 is 0 Å². The van der Waals surface area contributed by atoms with E-state index >= 15 is 0 Å². The highest BCUT2D eigenvalue weighted by molar-refractivity contribution is 5.00. The van der Waals surface area contributed by atoms with Crippen LogP contribution >= 0.6 is 0 Å². The molecule has 2 aliphatic carbocycles. The standard InChI is InChI=1S/C9H17N/c1-5-3-7(5)9(10)8-4-6(8)2/h5-9H,3-4,10H2,1-2H3. The van der Waals surface area contributed by atoms with Gasteiger partial charge in [0.05, 0.1) is 0 Å². The van der Waals surface area contributed by atoms with E-state index in [1.54, 1.807) is 0 Å². The fraction of sp³-hybridized carbons (Fsp3) is 1.00. The second kappa shape index (κ2) is 1.97. The molecule has 0 aromatic rings.